The van der Waals surface area contributed by atoms with E-state index in [9.17, 15) is 4.79 Å². The van der Waals surface area contributed by atoms with Gasteiger partial charge in [0.1, 0.15) is 24.3 Å². The van der Waals surface area contributed by atoms with Crippen LogP contribution in [0.15, 0.2) is 55.4 Å². The third kappa shape index (κ3) is 4.36. The maximum absolute atomic E-state index is 13.0. The molecular formula is C23H22N8O2. The number of anilines is 4. The van der Waals surface area contributed by atoms with Gasteiger partial charge in [0.15, 0.2) is 17.4 Å². The Morgan fingerprint density at radius 2 is 1.97 bits per heavy atom. The molecule has 4 aromatic rings. The molecule has 0 radical (unpaired) electrons. The van der Waals surface area contributed by atoms with Crippen molar-refractivity contribution in [3.05, 3.63) is 60.9 Å². The molecule has 0 saturated heterocycles. The lowest BCUT2D eigenvalue weighted by Gasteiger charge is -2.17. The molecule has 33 heavy (non-hydrogen) atoms. The van der Waals surface area contributed by atoms with E-state index < -0.39 is 0 Å². The van der Waals surface area contributed by atoms with Crippen molar-refractivity contribution in [2.45, 2.75) is 12.8 Å². The summed E-state index contributed by atoms with van der Waals surface area (Å²) in [6.45, 7) is 0. The molecule has 1 saturated carbocycles. The predicted octanol–water partition coefficient (Wildman–Crippen LogP) is 3.76. The second-order valence-electron chi connectivity index (χ2n) is 7.73. The summed E-state index contributed by atoms with van der Waals surface area (Å²) in [5, 5.41) is 10.9. The Balaban J connectivity index is 1.53. The Hall–Kier alpha value is -4.34. The van der Waals surface area contributed by atoms with E-state index in [-0.39, 0.29) is 11.7 Å². The van der Waals surface area contributed by atoms with Gasteiger partial charge in [0.05, 0.1) is 29.6 Å². The van der Waals surface area contributed by atoms with Crippen LogP contribution in [0.2, 0.25) is 0 Å². The molecule has 166 valence electrons. The minimum Gasteiger partial charge on any atom is -0.494 e. The zero-order valence-electron chi connectivity index (χ0n) is 18.2. The summed E-state index contributed by atoms with van der Waals surface area (Å²) < 4.78 is 7.35. The highest BCUT2D eigenvalue weighted by Crippen LogP contribution is 2.39. The molecule has 5 rings (SSSR count). The number of rotatable bonds is 8. The molecule has 10 heteroatoms. The summed E-state index contributed by atoms with van der Waals surface area (Å²) in [4.78, 5) is 29.8. The van der Waals surface area contributed by atoms with Crippen molar-refractivity contribution in [1.82, 2.24) is 29.7 Å². The van der Waals surface area contributed by atoms with E-state index in [0.29, 0.717) is 40.1 Å². The molecule has 3 heterocycles. The first kappa shape index (κ1) is 20.6. The van der Waals surface area contributed by atoms with Crippen molar-refractivity contribution in [2.75, 3.05) is 17.7 Å². The number of aromatic nitrogens is 6. The van der Waals surface area contributed by atoms with Crippen LogP contribution < -0.4 is 15.4 Å². The Labute approximate surface area is 190 Å². The average Bonchev–Trinajstić information content (AvgIpc) is 3.60. The van der Waals surface area contributed by atoms with Gasteiger partial charge in [-0.15, -0.1) is 0 Å². The van der Waals surface area contributed by atoms with E-state index in [1.807, 2.05) is 25.2 Å². The van der Waals surface area contributed by atoms with Crippen LogP contribution in [-0.2, 0) is 7.05 Å². The molecule has 0 amide bonds. The summed E-state index contributed by atoms with van der Waals surface area (Å²) in [6, 6.07) is 9.20. The molecule has 1 aromatic carbocycles. The van der Waals surface area contributed by atoms with Gasteiger partial charge in [0, 0.05) is 31.4 Å². The Kier molecular flexibility index (Phi) is 5.39. The zero-order chi connectivity index (χ0) is 22.8. The van der Waals surface area contributed by atoms with Gasteiger partial charge in [0.25, 0.3) is 0 Å². The molecule has 0 atom stereocenters. The molecule has 10 nitrogen and oxygen atoms in total. The largest absolute Gasteiger partial charge is 0.494 e. The van der Waals surface area contributed by atoms with Crippen molar-refractivity contribution in [3.63, 3.8) is 0 Å². The fourth-order valence-electron chi connectivity index (χ4n) is 3.52. The quantitative estimate of drug-likeness (QED) is 0.393. The van der Waals surface area contributed by atoms with Gasteiger partial charge >= 0.3 is 0 Å². The fraction of sp³-hybridized carbons (Fsp3) is 0.217. The van der Waals surface area contributed by atoms with E-state index in [1.165, 1.54) is 6.33 Å². The molecule has 0 bridgehead atoms. The van der Waals surface area contributed by atoms with Crippen molar-refractivity contribution in [1.29, 1.82) is 0 Å². The molecule has 1 aliphatic carbocycles. The highest BCUT2D eigenvalue weighted by atomic mass is 16.5. The number of methoxy groups -OCH3 is 1. The predicted molar refractivity (Wildman–Crippen MR) is 123 cm³/mol. The molecule has 0 aliphatic heterocycles. The number of benzene rings is 1. The van der Waals surface area contributed by atoms with Crippen molar-refractivity contribution >= 4 is 28.8 Å². The minimum absolute atomic E-state index is 0.0546. The average molecular weight is 442 g/mol. The molecule has 3 aromatic heterocycles. The van der Waals surface area contributed by atoms with Crippen LogP contribution in [0.25, 0.3) is 11.4 Å². The van der Waals surface area contributed by atoms with Gasteiger partial charge in [-0.1, -0.05) is 6.07 Å². The smallest absolute Gasteiger partial charge is 0.184 e. The fourth-order valence-corrected chi connectivity index (χ4v) is 3.52. The van der Waals surface area contributed by atoms with E-state index in [2.05, 4.69) is 35.7 Å². The van der Waals surface area contributed by atoms with Gasteiger partial charge in [-0.2, -0.15) is 5.10 Å². The van der Waals surface area contributed by atoms with E-state index in [0.717, 1.165) is 18.4 Å². The standard InChI is InChI=1S/C23H22N8O2/c1-31-13-27-23(30-31)15-4-3-5-17(22(15)33-2)28-18-10-20(29-19-8-9-24-12-26-19)25-11-16(18)21(32)14-6-7-14/h3-5,8-14H,6-7H2,1-2H3,(H2,24,25,26,28,29). The van der Waals surface area contributed by atoms with Crippen LogP contribution in [0.5, 0.6) is 5.75 Å². The van der Waals surface area contributed by atoms with Gasteiger partial charge in [-0.25, -0.2) is 19.9 Å². The highest BCUT2D eigenvalue weighted by Gasteiger charge is 2.32. The van der Waals surface area contributed by atoms with Crippen LogP contribution in [0.3, 0.4) is 0 Å². The number of pyridine rings is 1. The number of hydrogen-bond donors (Lipinski definition) is 2. The second-order valence-corrected chi connectivity index (χ2v) is 7.73. The summed E-state index contributed by atoms with van der Waals surface area (Å²) in [5.74, 6) is 2.42. The zero-order valence-corrected chi connectivity index (χ0v) is 18.2. The Morgan fingerprint density at radius 3 is 2.67 bits per heavy atom. The lowest BCUT2D eigenvalue weighted by Crippen LogP contribution is -2.09. The SMILES string of the molecule is COc1c(Nc2cc(Nc3ccncn3)ncc2C(=O)C2CC2)cccc1-c1ncn(C)n1. The molecule has 0 unspecified atom stereocenters. The van der Waals surface area contributed by atoms with Crippen LogP contribution in [0, 0.1) is 5.92 Å². The summed E-state index contributed by atoms with van der Waals surface area (Å²) in [5.41, 5.74) is 2.59. The molecule has 1 fully saturated rings. The normalized spacial score (nSPS) is 12.9. The molecule has 1 aliphatic rings. The first-order chi connectivity index (χ1) is 16.1. The highest BCUT2D eigenvalue weighted by molar-refractivity contribution is 6.04. The number of nitrogens with one attached hydrogen (secondary N) is 2. The van der Waals surface area contributed by atoms with E-state index in [4.69, 9.17) is 4.74 Å². The second kappa shape index (κ2) is 8.65. The monoisotopic (exact) mass is 442 g/mol. The van der Waals surface area contributed by atoms with Gasteiger partial charge < -0.3 is 15.4 Å². The number of para-hydroxylation sites is 1. The van der Waals surface area contributed by atoms with Crippen LogP contribution in [0.1, 0.15) is 23.2 Å². The number of aryl methyl sites for hydroxylation is 1. The van der Waals surface area contributed by atoms with E-state index in [1.54, 1.807) is 42.6 Å². The third-order valence-electron chi connectivity index (χ3n) is 5.28. The van der Waals surface area contributed by atoms with Crippen LogP contribution >= 0.6 is 0 Å². The number of carbonyl (C=O) groups excluding carboxylic acids is 1. The van der Waals surface area contributed by atoms with E-state index >= 15 is 0 Å². The first-order valence-electron chi connectivity index (χ1n) is 10.5. The van der Waals surface area contributed by atoms with Crippen LogP contribution in [-0.4, -0.2) is 42.6 Å². The lowest BCUT2D eigenvalue weighted by atomic mass is 10.1. The molecular weight excluding hydrogens is 420 g/mol. The summed E-state index contributed by atoms with van der Waals surface area (Å²) >= 11 is 0. The number of ketones is 1. The van der Waals surface area contributed by atoms with Gasteiger partial charge in [-0.05, 0) is 31.0 Å². The maximum atomic E-state index is 13.0. The van der Waals surface area contributed by atoms with Crippen LogP contribution in [0.4, 0.5) is 23.0 Å². The van der Waals surface area contributed by atoms with Crippen molar-refractivity contribution in [2.24, 2.45) is 13.0 Å². The van der Waals surface area contributed by atoms with Gasteiger partial charge in [0.2, 0.25) is 0 Å². The maximum Gasteiger partial charge on any atom is 0.184 e. The molecule has 2 N–H and O–H groups in total. The number of Topliss-reactive ketones (excluding diaryl/α,β-unsaturated/α-hetero) is 1. The third-order valence-corrected chi connectivity index (χ3v) is 5.28. The van der Waals surface area contributed by atoms with Gasteiger partial charge in [-0.3, -0.25) is 9.48 Å². The molecule has 0 spiro atoms. The number of ether oxygens (including phenoxy) is 1. The number of hydrogen-bond acceptors (Lipinski definition) is 9. The first-order valence-corrected chi connectivity index (χ1v) is 10.5. The number of carbonyl (C=O) groups is 1. The van der Waals surface area contributed by atoms with Crippen molar-refractivity contribution < 1.29 is 9.53 Å². The summed E-state index contributed by atoms with van der Waals surface area (Å²) in [7, 11) is 3.40. The topological polar surface area (TPSA) is 120 Å². The Morgan fingerprint density at radius 1 is 1.09 bits per heavy atom. The minimum atomic E-state index is 0.0546. The summed E-state index contributed by atoms with van der Waals surface area (Å²) in [6.07, 6.45) is 8.14. The lowest BCUT2D eigenvalue weighted by molar-refractivity contribution is 0.0968. The van der Waals surface area contributed by atoms with Crippen molar-refractivity contribution in [3.8, 4) is 17.1 Å². The Bertz CT molecular complexity index is 1300. The number of nitrogens with zero attached hydrogens (tertiary/aromatic N) is 6.